The van der Waals surface area contributed by atoms with Crippen LogP contribution in [0, 0.1) is 0 Å². The largest absolute Gasteiger partial charge is 0.464 e. The molecule has 12 heavy (non-hydrogen) atoms. The van der Waals surface area contributed by atoms with E-state index in [1.807, 2.05) is 0 Å². The molecule has 0 aliphatic carbocycles. The van der Waals surface area contributed by atoms with E-state index in [1.54, 1.807) is 12.3 Å². The van der Waals surface area contributed by atoms with Gasteiger partial charge in [-0.15, -0.1) is 5.10 Å². The molecule has 0 amide bonds. The Morgan fingerprint density at radius 2 is 2.42 bits per heavy atom. The number of aromatic nitrogens is 3. The van der Waals surface area contributed by atoms with Gasteiger partial charge in [-0.2, -0.15) is 5.10 Å². The Kier molecular flexibility index (Phi) is 1.30. The first kappa shape index (κ1) is 6.78. The predicted octanol–water partition coefficient (Wildman–Crippen LogP) is 0.909. The highest BCUT2D eigenvalue weighted by atomic mass is 16.4. The van der Waals surface area contributed by atoms with Crippen molar-refractivity contribution >= 4 is 6.09 Å². The van der Waals surface area contributed by atoms with Crippen LogP contribution in [0.5, 0.6) is 0 Å². The monoisotopic (exact) mass is 163 g/mol. The molecule has 0 bridgehead atoms. The van der Waals surface area contributed by atoms with Crippen molar-refractivity contribution in [1.29, 1.82) is 0 Å². The molecule has 0 radical (unpaired) electrons. The van der Waals surface area contributed by atoms with Gasteiger partial charge in [0.15, 0.2) is 0 Å². The molecular formula is C7H5N3O2. The molecule has 1 N–H and O–H groups in total. The maximum absolute atomic E-state index is 10.5. The lowest BCUT2D eigenvalue weighted by atomic mass is 10.2. The van der Waals surface area contributed by atoms with Gasteiger partial charge in [-0.05, 0) is 6.07 Å². The number of hydrogen-bond acceptors (Lipinski definition) is 3. The molecular weight excluding hydrogens is 158 g/mol. The Morgan fingerprint density at radius 1 is 1.58 bits per heavy atom. The van der Waals surface area contributed by atoms with Gasteiger partial charge in [0, 0.05) is 18.0 Å². The summed E-state index contributed by atoms with van der Waals surface area (Å²) >= 11 is 0. The van der Waals surface area contributed by atoms with Crippen LogP contribution in [0.4, 0.5) is 4.79 Å². The summed E-state index contributed by atoms with van der Waals surface area (Å²) in [4.78, 5) is 10.5. The van der Waals surface area contributed by atoms with Gasteiger partial charge >= 0.3 is 6.09 Å². The van der Waals surface area contributed by atoms with Crippen molar-refractivity contribution in [3.8, 4) is 11.3 Å². The zero-order chi connectivity index (χ0) is 8.55. The third-order valence-electron chi connectivity index (χ3n) is 1.56. The van der Waals surface area contributed by atoms with Crippen LogP contribution in [0.3, 0.4) is 0 Å². The Morgan fingerprint density at radius 3 is 3.17 bits per heavy atom. The lowest BCUT2D eigenvalue weighted by Crippen LogP contribution is -2.07. The van der Waals surface area contributed by atoms with Crippen molar-refractivity contribution in [3.05, 3.63) is 24.7 Å². The van der Waals surface area contributed by atoms with Gasteiger partial charge in [-0.25, -0.2) is 4.79 Å². The Labute approximate surface area is 67.6 Å². The highest BCUT2D eigenvalue weighted by molar-refractivity contribution is 5.71. The van der Waals surface area contributed by atoms with E-state index in [9.17, 15) is 4.79 Å². The van der Waals surface area contributed by atoms with Gasteiger partial charge in [-0.3, -0.25) is 4.57 Å². The highest BCUT2D eigenvalue weighted by Crippen LogP contribution is 2.15. The minimum atomic E-state index is -1.03. The molecule has 5 nitrogen and oxygen atoms in total. The van der Waals surface area contributed by atoms with Crippen LogP contribution in [0.25, 0.3) is 11.3 Å². The molecule has 0 aromatic rings. The minimum Gasteiger partial charge on any atom is -0.464 e. The number of pyridine rings is 1. The Hall–Kier alpha value is -1.91. The van der Waals surface area contributed by atoms with Crippen LogP contribution >= 0.6 is 0 Å². The topological polar surface area (TPSA) is 68.0 Å². The molecule has 0 atom stereocenters. The summed E-state index contributed by atoms with van der Waals surface area (Å²) in [6.07, 6.45) is 3.43. The van der Waals surface area contributed by atoms with Gasteiger partial charge in [0.2, 0.25) is 0 Å². The Balaban J connectivity index is 2.62. The van der Waals surface area contributed by atoms with Crippen LogP contribution in [-0.2, 0) is 0 Å². The first-order valence-corrected chi connectivity index (χ1v) is 3.30. The smallest absolute Gasteiger partial charge is 0.415 e. The fourth-order valence-corrected chi connectivity index (χ4v) is 0.960. The van der Waals surface area contributed by atoms with Gasteiger partial charge < -0.3 is 5.11 Å². The number of hydrogen-bond donors (Lipinski definition) is 1. The summed E-state index contributed by atoms with van der Waals surface area (Å²) in [5.74, 6) is 0. The van der Waals surface area contributed by atoms with E-state index >= 15 is 0 Å². The number of rotatable bonds is 0. The molecule has 0 saturated carbocycles. The number of nitrogens with zero attached hydrogens (tertiary/aromatic N) is 3. The Bertz CT molecular complexity index is 396. The molecule has 0 spiro atoms. The fourth-order valence-electron chi connectivity index (χ4n) is 0.960. The van der Waals surface area contributed by atoms with E-state index in [1.165, 1.54) is 12.4 Å². The van der Waals surface area contributed by atoms with Crippen LogP contribution in [0.15, 0.2) is 24.7 Å². The van der Waals surface area contributed by atoms with E-state index in [2.05, 4.69) is 10.2 Å². The zero-order valence-electron chi connectivity index (χ0n) is 6.01. The molecule has 0 unspecified atom stereocenters. The molecule has 0 aromatic heterocycles. The standard InChI is InChI=1S/C7H5N3O2/c11-7(12)10-2-1-5-3-8-9-6(5)4-10/h1-4H,(H,11,12). The van der Waals surface area contributed by atoms with E-state index in [-0.39, 0.29) is 0 Å². The maximum Gasteiger partial charge on any atom is 0.415 e. The summed E-state index contributed by atoms with van der Waals surface area (Å²) in [7, 11) is 0. The van der Waals surface area contributed by atoms with Gasteiger partial charge in [0.25, 0.3) is 0 Å². The first-order valence-electron chi connectivity index (χ1n) is 3.30. The van der Waals surface area contributed by atoms with Crippen molar-refractivity contribution in [1.82, 2.24) is 14.8 Å². The maximum atomic E-state index is 10.5. The summed E-state index contributed by atoms with van der Waals surface area (Å²) in [6, 6.07) is 1.66. The molecule has 2 aliphatic heterocycles. The van der Waals surface area contributed by atoms with E-state index < -0.39 is 6.09 Å². The molecule has 60 valence electrons. The number of carboxylic acid groups (broad SMARTS) is 1. The van der Waals surface area contributed by atoms with Crippen molar-refractivity contribution < 1.29 is 9.90 Å². The minimum absolute atomic E-state index is 0.583. The van der Waals surface area contributed by atoms with E-state index in [0.717, 1.165) is 10.1 Å². The average Bonchev–Trinajstić information content (AvgIpc) is 2.49. The summed E-state index contributed by atoms with van der Waals surface area (Å²) in [6.45, 7) is 0. The van der Waals surface area contributed by atoms with E-state index in [0.29, 0.717) is 5.69 Å². The van der Waals surface area contributed by atoms with E-state index in [4.69, 9.17) is 5.11 Å². The lowest BCUT2D eigenvalue weighted by Gasteiger charge is -2.00. The SMILES string of the molecule is O=C(O)n1ccc2cnnc-2c1. The predicted molar refractivity (Wildman–Crippen MR) is 40.1 cm³/mol. The van der Waals surface area contributed by atoms with Gasteiger partial charge in [-0.1, -0.05) is 0 Å². The van der Waals surface area contributed by atoms with Crippen molar-refractivity contribution in [2.75, 3.05) is 0 Å². The fraction of sp³-hybridized carbons (Fsp3) is 0. The molecule has 2 rings (SSSR count). The van der Waals surface area contributed by atoms with Crippen molar-refractivity contribution in [2.45, 2.75) is 0 Å². The third kappa shape index (κ3) is 0.914. The van der Waals surface area contributed by atoms with Crippen LogP contribution < -0.4 is 0 Å². The molecule has 2 aliphatic rings. The highest BCUT2D eigenvalue weighted by Gasteiger charge is 2.06. The quantitative estimate of drug-likeness (QED) is 0.626. The molecule has 0 saturated heterocycles. The van der Waals surface area contributed by atoms with Crippen molar-refractivity contribution in [3.63, 3.8) is 0 Å². The second-order valence-corrected chi connectivity index (χ2v) is 2.32. The summed E-state index contributed by atoms with van der Waals surface area (Å²) in [5, 5.41) is 16.0. The van der Waals surface area contributed by atoms with Crippen LogP contribution in [-0.4, -0.2) is 26.0 Å². The lowest BCUT2D eigenvalue weighted by molar-refractivity contribution is 0.196. The van der Waals surface area contributed by atoms with Crippen LogP contribution in [0.2, 0.25) is 0 Å². The third-order valence-corrected chi connectivity index (χ3v) is 1.56. The second-order valence-electron chi connectivity index (χ2n) is 2.32. The van der Waals surface area contributed by atoms with Gasteiger partial charge in [0.1, 0.15) is 5.69 Å². The normalized spacial score (nSPS) is 10.3. The zero-order valence-corrected chi connectivity index (χ0v) is 6.01. The number of carbonyl (C=O) groups is 1. The van der Waals surface area contributed by atoms with Crippen LogP contribution in [0.1, 0.15) is 0 Å². The average molecular weight is 163 g/mol. The molecule has 0 aromatic carbocycles. The van der Waals surface area contributed by atoms with Gasteiger partial charge in [0.05, 0.1) is 6.20 Å². The summed E-state index contributed by atoms with van der Waals surface area (Å²) < 4.78 is 1.04. The second kappa shape index (κ2) is 2.30. The molecule has 5 heteroatoms. The molecule has 0 fully saturated rings. The van der Waals surface area contributed by atoms with Crippen molar-refractivity contribution in [2.24, 2.45) is 0 Å². The number of fused-ring (bicyclic) bond motifs is 1. The first-order chi connectivity index (χ1) is 5.77. The molecule has 2 heterocycles. The summed E-state index contributed by atoms with van der Waals surface area (Å²) in [5.41, 5.74) is 1.42.